The highest BCUT2D eigenvalue weighted by Crippen LogP contribution is 2.19. The lowest BCUT2D eigenvalue weighted by Crippen LogP contribution is -2.22. The highest BCUT2D eigenvalue weighted by atomic mass is 16.5. The molecule has 1 aromatic heterocycles. The van der Waals surface area contributed by atoms with Crippen molar-refractivity contribution >= 4 is 17.4 Å². The largest absolute Gasteiger partial charge is 0.494 e. The highest BCUT2D eigenvalue weighted by molar-refractivity contribution is 5.94. The van der Waals surface area contributed by atoms with Gasteiger partial charge in [0.15, 0.2) is 0 Å². The summed E-state index contributed by atoms with van der Waals surface area (Å²) in [6, 6.07) is 21.0. The molecule has 2 aromatic carbocycles. The number of ether oxygens (including phenoxy) is 1. The van der Waals surface area contributed by atoms with Gasteiger partial charge < -0.3 is 15.4 Å². The minimum atomic E-state index is -0.144. The Balaban J connectivity index is 1.56. The molecule has 0 atom stereocenters. The lowest BCUT2D eigenvalue weighted by molar-refractivity contribution is 0.0950. The van der Waals surface area contributed by atoms with Crippen molar-refractivity contribution in [3.05, 3.63) is 84.1 Å². The molecule has 0 spiro atoms. The number of aromatic nitrogens is 1. The van der Waals surface area contributed by atoms with Crippen LogP contribution in [0.2, 0.25) is 0 Å². The summed E-state index contributed by atoms with van der Waals surface area (Å²) in [5, 5.41) is 6.09. The Hall–Kier alpha value is -3.34. The summed E-state index contributed by atoms with van der Waals surface area (Å²) in [5.41, 5.74) is 2.49. The summed E-state index contributed by atoms with van der Waals surface area (Å²) >= 11 is 0. The van der Waals surface area contributed by atoms with Gasteiger partial charge in [-0.25, -0.2) is 4.98 Å². The Morgan fingerprint density at radius 3 is 2.42 bits per heavy atom. The second kappa shape index (κ2) is 8.67. The first-order chi connectivity index (χ1) is 12.7. The van der Waals surface area contributed by atoms with E-state index in [1.807, 2.05) is 61.5 Å². The van der Waals surface area contributed by atoms with Gasteiger partial charge in [-0.15, -0.1) is 0 Å². The molecule has 0 saturated heterocycles. The van der Waals surface area contributed by atoms with Crippen LogP contribution in [0.1, 0.15) is 22.8 Å². The van der Waals surface area contributed by atoms with Crippen LogP contribution in [0.15, 0.2) is 72.9 Å². The van der Waals surface area contributed by atoms with Gasteiger partial charge in [0.2, 0.25) is 0 Å². The molecule has 0 fully saturated rings. The summed E-state index contributed by atoms with van der Waals surface area (Å²) in [7, 11) is 0. The van der Waals surface area contributed by atoms with Gasteiger partial charge in [0.1, 0.15) is 11.6 Å². The number of pyridine rings is 1. The molecule has 132 valence electrons. The number of anilines is 2. The lowest BCUT2D eigenvalue weighted by atomic mass is 10.2. The number of nitrogens with zero attached hydrogens (tertiary/aromatic N) is 1. The predicted octanol–water partition coefficient (Wildman–Crippen LogP) is 4.15. The summed E-state index contributed by atoms with van der Waals surface area (Å²) in [6.07, 6.45) is 1.57. The molecule has 1 heterocycles. The van der Waals surface area contributed by atoms with E-state index < -0.39 is 0 Å². The number of hydrogen-bond acceptors (Lipinski definition) is 4. The molecule has 0 unspecified atom stereocenters. The van der Waals surface area contributed by atoms with Crippen molar-refractivity contribution in [1.29, 1.82) is 0 Å². The van der Waals surface area contributed by atoms with E-state index in [0.717, 1.165) is 17.0 Å². The van der Waals surface area contributed by atoms with E-state index in [1.54, 1.807) is 18.3 Å². The first kappa shape index (κ1) is 17.5. The highest BCUT2D eigenvalue weighted by Gasteiger charge is 2.06. The van der Waals surface area contributed by atoms with Crippen molar-refractivity contribution in [3.8, 4) is 5.75 Å². The SMILES string of the molecule is CCOc1ccc(Nc2ccc(C(=O)NCc3ccccc3)cn2)cc1. The molecule has 3 aromatic rings. The lowest BCUT2D eigenvalue weighted by Gasteiger charge is -2.09. The third-order valence-electron chi connectivity index (χ3n) is 3.76. The first-order valence-electron chi connectivity index (χ1n) is 8.52. The molecular formula is C21H21N3O2. The predicted molar refractivity (Wildman–Crippen MR) is 103 cm³/mol. The molecule has 0 saturated carbocycles. The van der Waals surface area contributed by atoms with Gasteiger partial charge in [-0.1, -0.05) is 30.3 Å². The van der Waals surface area contributed by atoms with Crippen molar-refractivity contribution in [2.75, 3.05) is 11.9 Å². The average Bonchev–Trinajstić information content (AvgIpc) is 2.69. The van der Waals surface area contributed by atoms with Gasteiger partial charge in [-0.3, -0.25) is 4.79 Å². The van der Waals surface area contributed by atoms with Crippen molar-refractivity contribution in [3.63, 3.8) is 0 Å². The fraction of sp³-hybridized carbons (Fsp3) is 0.143. The summed E-state index contributed by atoms with van der Waals surface area (Å²) in [4.78, 5) is 16.5. The van der Waals surface area contributed by atoms with Crippen LogP contribution in [-0.4, -0.2) is 17.5 Å². The van der Waals surface area contributed by atoms with E-state index in [1.165, 1.54) is 0 Å². The Morgan fingerprint density at radius 1 is 1.00 bits per heavy atom. The number of amides is 1. The standard InChI is InChI=1S/C21H21N3O2/c1-2-26-19-11-9-18(10-12-19)24-20-13-8-17(15-22-20)21(25)23-14-16-6-4-3-5-7-16/h3-13,15H,2,14H2,1H3,(H,22,24)(H,23,25). The maximum Gasteiger partial charge on any atom is 0.253 e. The summed E-state index contributed by atoms with van der Waals surface area (Å²) in [5.74, 6) is 1.36. The molecule has 26 heavy (non-hydrogen) atoms. The first-order valence-corrected chi connectivity index (χ1v) is 8.52. The van der Waals surface area contributed by atoms with Crippen LogP contribution >= 0.6 is 0 Å². The number of nitrogens with one attached hydrogen (secondary N) is 2. The molecule has 0 aliphatic heterocycles. The Bertz CT molecular complexity index is 831. The molecule has 1 amide bonds. The summed E-state index contributed by atoms with van der Waals surface area (Å²) < 4.78 is 5.42. The van der Waals surface area contributed by atoms with Crippen LogP contribution in [-0.2, 0) is 6.54 Å². The average molecular weight is 347 g/mol. The Morgan fingerprint density at radius 2 is 1.77 bits per heavy atom. The molecule has 0 aliphatic carbocycles. The minimum absolute atomic E-state index is 0.144. The number of rotatable bonds is 7. The van der Waals surface area contributed by atoms with Gasteiger partial charge in [-0.05, 0) is 48.9 Å². The molecule has 3 rings (SSSR count). The topological polar surface area (TPSA) is 63.2 Å². The fourth-order valence-corrected chi connectivity index (χ4v) is 2.43. The van der Waals surface area contributed by atoms with Crippen LogP contribution in [0.5, 0.6) is 5.75 Å². The fourth-order valence-electron chi connectivity index (χ4n) is 2.43. The zero-order valence-corrected chi connectivity index (χ0v) is 14.6. The maximum atomic E-state index is 12.2. The molecule has 0 bridgehead atoms. The second-order valence-corrected chi connectivity index (χ2v) is 5.68. The van der Waals surface area contributed by atoms with Crippen LogP contribution in [0.4, 0.5) is 11.5 Å². The van der Waals surface area contributed by atoms with Crippen LogP contribution in [0, 0.1) is 0 Å². The molecule has 5 nitrogen and oxygen atoms in total. The van der Waals surface area contributed by atoms with E-state index >= 15 is 0 Å². The van der Waals surface area contributed by atoms with Crippen LogP contribution in [0.25, 0.3) is 0 Å². The van der Waals surface area contributed by atoms with Gasteiger partial charge >= 0.3 is 0 Å². The zero-order valence-electron chi connectivity index (χ0n) is 14.6. The monoisotopic (exact) mass is 347 g/mol. The normalized spacial score (nSPS) is 10.2. The smallest absolute Gasteiger partial charge is 0.253 e. The van der Waals surface area contributed by atoms with Crippen molar-refractivity contribution in [1.82, 2.24) is 10.3 Å². The third-order valence-corrected chi connectivity index (χ3v) is 3.76. The third kappa shape index (κ3) is 4.83. The van der Waals surface area contributed by atoms with Crippen LogP contribution < -0.4 is 15.4 Å². The van der Waals surface area contributed by atoms with Gasteiger partial charge in [0, 0.05) is 18.4 Å². The quantitative estimate of drug-likeness (QED) is 0.674. The minimum Gasteiger partial charge on any atom is -0.494 e. The zero-order chi connectivity index (χ0) is 18.2. The molecule has 5 heteroatoms. The number of carbonyl (C=O) groups excluding carboxylic acids is 1. The van der Waals surface area contributed by atoms with Gasteiger partial charge in [0.25, 0.3) is 5.91 Å². The molecule has 0 radical (unpaired) electrons. The van der Waals surface area contributed by atoms with Crippen molar-refractivity contribution < 1.29 is 9.53 Å². The number of carbonyl (C=O) groups is 1. The van der Waals surface area contributed by atoms with Crippen LogP contribution in [0.3, 0.4) is 0 Å². The van der Waals surface area contributed by atoms with Gasteiger partial charge in [0.05, 0.1) is 12.2 Å². The Labute approximate surface area is 153 Å². The number of benzene rings is 2. The van der Waals surface area contributed by atoms with E-state index in [0.29, 0.717) is 24.5 Å². The van der Waals surface area contributed by atoms with Crippen molar-refractivity contribution in [2.24, 2.45) is 0 Å². The number of hydrogen-bond donors (Lipinski definition) is 2. The van der Waals surface area contributed by atoms with E-state index in [-0.39, 0.29) is 5.91 Å². The second-order valence-electron chi connectivity index (χ2n) is 5.68. The van der Waals surface area contributed by atoms with E-state index in [4.69, 9.17) is 4.74 Å². The van der Waals surface area contributed by atoms with Crippen molar-refractivity contribution in [2.45, 2.75) is 13.5 Å². The Kier molecular flexibility index (Phi) is 5.83. The van der Waals surface area contributed by atoms with E-state index in [2.05, 4.69) is 15.6 Å². The summed E-state index contributed by atoms with van der Waals surface area (Å²) in [6.45, 7) is 3.08. The van der Waals surface area contributed by atoms with E-state index in [9.17, 15) is 4.79 Å². The molecule has 2 N–H and O–H groups in total. The maximum absolute atomic E-state index is 12.2. The molecular weight excluding hydrogens is 326 g/mol. The molecule has 0 aliphatic rings. The van der Waals surface area contributed by atoms with Gasteiger partial charge in [-0.2, -0.15) is 0 Å².